The first-order valence-corrected chi connectivity index (χ1v) is 6.29. The SMILES string of the molecule is C=CC(=O)OCCCCCCCOC(=O)C=CC. The Labute approximate surface area is 109 Å². The van der Waals surface area contributed by atoms with Gasteiger partial charge in [0.05, 0.1) is 13.2 Å². The molecule has 4 heteroatoms. The summed E-state index contributed by atoms with van der Waals surface area (Å²) < 4.78 is 9.79. The number of carbonyl (C=O) groups is 2. The van der Waals surface area contributed by atoms with E-state index in [9.17, 15) is 9.59 Å². The van der Waals surface area contributed by atoms with Crippen LogP contribution in [0.25, 0.3) is 0 Å². The van der Waals surface area contributed by atoms with E-state index in [0.29, 0.717) is 13.2 Å². The molecule has 0 atom stereocenters. The van der Waals surface area contributed by atoms with E-state index in [1.54, 1.807) is 13.0 Å². The van der Waals surface area contributed by atoms with Crippen molar-refractivity contribution in [3.05, 3.63) is 24.8 Å². The zero-order valence-corrected chi connectivity index (χ0v) is 11.0. The van der Waals surface area contributed by atoms with Gasteiger partial charge in [-0.1, -0.05) is 31.9 Å². The Balaban J connectivity index is 3.19. The van der Waals surface area contributed by atoms with Crippen molar-refractivity contribution < 1.29 is 19.1 Å². The topological polar surface area (TPSA) is 52.6 Å². The highest BCUT2D eigenvalue weighted by molar-refractivity contribution is 5.81. The van der Waals surface area contributed by atoms with Gasteiger partial charge in [0.2, 0.25) is 0 Å². The molecule has 0 fully saturated rings. The molecule has 0 unspecified atom stereocenters. The lowest BCUT2D eigenvalue weighted by atomic mass is 10.1. The molecule has 18 heavy (non-hydrogen) atoms. The summed E-state index contributed by atoms with van der Waals surface area (Å²) in [6, 6.07) is 0. The van der Waals surface area contributed by atoms with Gasteiger partial charge < -0.3 is 9.47 Å². The number of rotatable bonds is 10. The molecule has 0 heterocycles. The van der Waals surface area contributed by atoms with Gasteiger partial charge in [0.15, 0.2) is 0 Å². The number of esters is 2. The molecule has 0 aromatic carbocycles. The molecule has 102 valence electrons. The highest BCUT2D eigenvalue weighted by atomic mass is 16.5. The van der Waals surface area contributed by atoms with E-state index in [0.717, 1.165) is 32.1 Å². The van der Waals surface area contributed by atoms with Crippen molar-refractivity contribution in [1.29, 1.82) is 0 Å². The maximum Gasteiger partial charge on any atom is 0.330 e. The third-order valence-electron chi connectivity index (χ3n) is 2.25. The summed E-state index contributed by atoms with van der Waals surface area (Å²) in [6.45, 7) is 6.01. The Morgan fingerprint density at radius 2 is 1.44 bits per heavy atom. The smallest absolute Gasteiger partial charge is 0.330 e. The van der Waals surface area contributed by atoms with E-state index in [2.05, 4.69) is 6.58 Å². The van der Waals surface area contributed by atoms with Gasteiger partial charge in [-0.05, 0) is 19.8 Å². The first-order chi connectivity index (χ1) is 8.70. The zero-order valence-electron chi connectivity index (χ0n) is 11.0. The molecular formula is C14H22O4. The fourth-order valence-electron chi connectivity index (χ4n) is 1.32. The van der Waals surface area contributed by atoms with Gasteiger partial charge in [0.1, 0.15) is 0 Å². The van der Waals surface area contributed by atoms with Gasteiger partial charge in [-0.25, -0.2) is 9.59 Å². The summed E-state index contributed by atoms with van der Waals surface area (Å²) in [5, 5.41) is 0. The lowest BCUT2D eigenvalue weighted by molar-refractivity contribution is -0.138. The van der Waals surface area contributed by atoms with Crippen LogP contribution in [0.15, 0.2) is 24.8 Å². The normalized spacial score (nSPS) is 10.3. The lowest BCUT2D eigenvalue weighted by Gasteiger charge is -2.03. The fraction of sp³-hybridized carbons (Fsp3) is 0.571. The van der Waals surface area contributed by atoms with Gasteiger partial charge in [0.25, 0.3) is 0 Å². The minimum Gasteiger partial charge on any atom is -0.463 e. The predicted molar refractivity (Wildman–Crippen MR) is 70.0 cm³/mol. The molecule has 0 N–H and O–H groups in total. The lowest BCUT2D eigenvalue weighted by Crippen LogP contribution is -2.03. The number of ether oxygens (including phenoxy) is 2. The Bertz CT molecular complexity index is 282. The summed E-state index contributed by atoms with van der Waals surface area (Å²) >= 11 is 0. The van der Waals surface area contributed by atoms with Crippen LogP contribution >= 0.6 is 0 Å². The molecule has 0 radical (unpaired) electrons. The van der Waals surface area contributed by atoms with Crippen molar-refractivity contribution in [2.24, 2.45) is 0 Å². The summed E-state index contributed by atoms with van der Waals surface area (Å²) in [5.41, 5.74) is 0. The second-order valence-corrected chi connectivity index (χ2v) is 3.81. The highest BCUT2D eigenvalue weighted by Gasteiger charge is 1.97. The van der Waals surface area contributed by atoms with E-state index in [1.807, 2.05) is 0 Å². The molecule has 0 spiro atoms. The van der Waals surface area contributed by atoms with Crippen molar-refractivity contribution in [3.63, 3.8) is 0 Å². The largest absolute Gasteiger partial charge is 0.463 e. The first kappa shape index (κ1) is 16.4. The van der Waals surface area contributed by atoms with Crippen LogP contribution in [0, 0.1) is 0 Å². The van der Waals surface area contributed by atoms with Crippen LogP contribution in [-0.4, -0.2) is 25.2 Å². The maximum atomic E-state index is 10.9. The van der Waals surface area contributed by atoms with Crippen molar-refractivity contribution in [2.45, 2.75) is 39.0 Å². The average Bonchev–Trinajstić information content (AvgIpc) is 2.36. The number of allylic oxidation sites excluding steroid dienone is 1. The Morgan fingerprint density at radius 3 is 1.94 bits per heavy atom. The third kappa shape index (κ3) is 10.9. The van der Waals surface area contributed by atoms with Gasteiger partial charge >= 0.3 is 11.9 Å². The van der Waals surface area contributed by atoms with E-state index in [-0.39, 0.29) is 11.9 Å². The maximum absolute atomic E-state index is 10.9. The van der Waals surface area contributed by atoms with E-state index in [4.69, 9.17) is 9.47 Å². The number of hydrogen-bond acceptors (Lipinski definition) is 4. The predicted octanol–water partition coefficient (Wildman–Crippen LogP) is 2.79. The van der Waals surface area contributed by atoms with Gasteiger partial charge in [0, 0.05) is 12.2 Å². The Morgan fingerprint density at radius 1 is 0.944 bits per heavy atom. The summed E-state index contributed by atoms with van der Waals surface area (Å²) in [6.07, 6.45) is 9.03. The minimum atomic E-state index is -0.370. The van der Waals surface area contributed by atoms with E-state index >= 15 is 0 Å². The van der Waals surface area contributed by atoms with Crippen LogP contribution in [0.5, 0.6) is 0 Å². The van der Waals surface area contributed by atoms with E-state index < -0.39 is 0 Å². The van der Waals surface area contributed by atoms with Gasteiger partial charge in [-0.3, -0.25) is 0 Å². The van der Waals surface area contributed by atoms with Crippen molar-refractivity contribution >= 4 is 11.9 Å². The quantitative estimate of drug-likeness (QED) is 0.342. The van der Waals surface area contributed by atoms with Crippen molar-refractivity contribution in [1.82, 2.24) is 0 Å². The molecular weight excluding hydrogens is 232 g/mol. The monoisotopic (exact) mass is 254 g/mol. The number of carbonyl (C=O) groups excluding carboxylic acids is 2. The summed E-state index contributed by atoms with van der Waals surface area (Å²) in [7, 11) is 0. The second kappa shape index (κ2) is 11.9. The number of unbranched alkanes of at least 4 members (excludes halogenated alkanes) is 4. The zero-order chi connectivity index (χ0) is 13.6. The summed E-state index contributed by atoms with van der Waals surface area (Å²) in [5.74, 6) is -0.653. The molecule has 4 nitrogen and oxygen atoms in total. The summed E-state index contributed by atoms with van der Waals surface area (Å²) in [4.78, 5) is 21.7. The number of hydrogen-bond donors (Lipinski definition) is 0. The molecule has 0 aromatic rings. The van der Waals surface area contributed by atoms with Crippen LogP contribution in [0.2, 0.25) is 0 Å². The molecule has 0 aliphatic carbocycles. The van der Waals surface area contributed by atoms with Crippen molar-refractivity contribution in [2.75, 3.05) is 13.2 Å². The minimum absolute atomic E-state index is 0.283. The van der Waals surface area contributed by atoms with Crippen LogP contribution < -0.4 is 0 Å². The van der Waals surface area contributed by atoms with Crippen LogP contribution in [-0.2, 0) is 19.1 Å². The second-order valence-electron chi connectivity index (χ2n) is 3.81. The first-order valence-electron chi connectivity index (χ1n) is 6.29. The molecule has 0 saturated heterocycles. The molecule has 0 aliphatic heterocycles. The van der Waals surface area contributed by atoms with E-state index in [1.165, 1.54) is 12.2 Å². The van der Waals surface area contributed by atoms with Gasteiger partial charge in [-0.15, -0.1) is 0 Å². The standard InChI is InChI=1S/C14H22O4/c1-3-10-14(16)18-12-9-7-5-6-8-11-17-13(15)4-2/h3-4,10H,2,5-9,11-12H2,1H3. The molecule has 0 saturated carbocycles. The van der Waals surface area contributed by atoms with Crippen LogP contribution in [0.1, 0.15) is 39.0 Å². The fourth-order valence-corrected chi connectivity index (χ4v) is 1.32. The van der Waals surface area contributed by atoms with Crippen molar-refractivity contribution in [3.8, 4) is 0 Å². The Hall–Kier alpha value is -1.58. The molecule has 0 amide bonds. The third-order valence-corrected chi connectivity index (χ3v) is 2.25. The Kier molecular flexibility index (Phi) is 10.8. The van der Waals surface area contributed by atoms with Crippen LogP contribution in [0.4, 0.5) is 0 Å². The average molecular weight is 254 g/mol. The highest BCUT2D eigenvalue weighted by Crippen LogP contribution is 2.03. The molecule has 0 bridgehead atoms. The van der Waals surface area contributed by atoms with Gasteiger partial charge in [-0.2, -0.15) is 0 Å². The molecule has 0 aromatic heterocycles. The molecule has 0 rings (SSSR count). The van der Waals surface area contributed by atoms with Crippen LogP contribution in [0.3, 0.4) is 0 Å². The molecule has 0 aliphatic rings.